The number of carbonyl (C=O) groups excluding carboxylic acids is 2. The molecule has 236 valence electrons. The quantitative estimate of drug-likeness (QED) is 0.162. The van der Waals surface area contributed by atoms with Gasteiger partial charge in [-0.1, -0.05) is 67.2 Å². The third-order valence-corrected chi connectivity index (χ3v) is 8.47. The van der Waals surface area contributed by atoms with Crippen molar-refractivity contribution in [1.29, 1.82) is 0 Å². The van der Waals surface area contributed by atoms with Crippen molar-refractivity contribution in [3.63, 3.8) is 0 Å². The van der Waals surface area contributed by atoms with Gasteiger partial charge in [0.25, 0.3) is 5.91 Å². The average Bonchev–Trinajstić information content (AvgIpc) is 3.52. The Balaban J connectivity index is 1.32. The van der Waals surface area contributed by atoms with Gasteiger partial charge in [-0.25, -0.2) is 0 Å². The number of rotatable bonds is 11. The van der Waals surface area contributed by atoms with Gasteiger partial charge in [-0.2, -0.15) is 4.68 Å². The second kappa shape index (κ2) is 14.7. The second-order valence-electron chi connectivity index (χ2n) is 10.7. The molecular formula is C32H35N5O7S. The van der Waals surface area contributed by atoms with E-state index in [0.717, 1.165) is 27.9 Å². The number of carbonyl (C=O) groups is 2. The maximum atomic E-state index is 12.2. The molecule has 1 fully saturated rings. The summed E-state index contributed by atoms with van der Waals surface area (Å²) in [4.78, 5) is 23.4. The fraction of sp³-hybridized carbons (Fsp3) is 0.344. The van der Waals surface area contributed by atoms with Crippen LogP contribution in [0.1, 0.15) is 55.4 Å². The van der Waals surface area contributed by atoms with E-state index in [1.165, 1.54) is 25.6 Å². The van der Waals surface area contributed by atoms with Crippen molar-refractivity contribution in [3.05, 3.63) is 95.1 Å². The molecule has 4 aromatic rings. The van der Waals surface area contributed by atoms with Crippen molar-refractivity contribution in [2.45, 2.75) is 63.7 Å². The van der Waals surface area contributed by atoms with Gasteiger partial charge in [0.05, 0.1) is 24.5 Å². The summed E-state index contributed by atoms with van der Waals surface area (Å²) in [5.41, 5.74) is 4.17. The number of amides is 1. The third-order valence-electron chi connectivity index (χ3n) is 7.47. The lowest BCUT2D eigenvalue weighted by Gasteiger charge is -2.41. The van der Waals surface area contributed by atoms with Crippen LogP contribution in [0, 0.1) is 5.92 Å². The van der Waals surface area contributed by atoms with Crippen LogP contribution in [-0.2, 0) is 37.0 Å². The standard InChI is InChI=1S/C32H35N5O7S/c1-19-28(18-45-32-34-35-36-37(32)26-12-14-27(40)15-13-26)43-31(44-29(19)24-8-6-23(17-38)7-9-24)25-10-4-22(5-11-25)16-33-30(41)20(2)42-21(3)39/h4-15,19-20,28-29,31,38,40H,16-18H2,1-3H3,(H,33,41)/t19-,20+,28+,29+,31+/m1/s1. The summed E-state index contributed by atoms with van der Waals surface area (Å²) in [5.74, 6) is -0.246. The van der Waals surface area contributed by atoms with Crippen LogP contribution in [0.25, 0.3) is 5.69 Å². The number of esters is 1. The molecule has 0 radical (unpaired) electrons. The predicted octanol–water partition coefficient (Wildman–Crippen LogP) is 4.01. The molecule has 2 heterocycles. The number of aromatic hydroxyl groups is 1. The van der Waals surface area contributed by atoms with Crippen LogP contribution in [0.4, 0.5) is 0 Å². The molecule has 1 aliphatic heterocycles. The van der Waals surface area contributed by atoms with Crippen molar-refractivity contribution in [2.75, 3.05) is 5.75 Å². The minimum absolute atomic E-state index is 0.0413. The van der Waals surface area contributed by atoms with Crippen LogP contribution in [0.2, 0.25) is 0 Å². The Morgan fingerprint density at radius 3 is 2.33 bits per heavy atom. The van der Waals surface area contributed by atoms with E-state index in [2.05, 4.69) is 27.8 Å². The zero-order chi connectivity index (χ0) is 31.9. The number of benzene rings is 3. The topological polar surface area (TPSA) is 158 Å². The maximum absolute atomic E-state index is 12.2. The van der Waals surface area contributed by atoms with Crippen LogP contribution >= 0.6 is 11.8 Å². The number of aromatic nitrogens is 4. The molecule has 0 saturated carbocycles. The van der Waals surface area contributed by atoms with E-state index in [1.54, 1.807) is 28.9 Å². The monoisotopic (exact) mass is 633 g/mol. The highest BCUT2D eigenvalue weighted by molar-refractivity contribution is 7.99. The molecule has 5 rings (SSSR count). The summed E-state index contributed by atoms with van der Waals surface area (Å²) in [7, 11) is 0. The van der Waals surface area contributed by atoms with Crippen molar-refractivity contribution >= 4 is 23.6 Å². The third kappa shape index (κ3) is 8.05. The van der Waals surface area contributed by atoms with Gasteiger partial charge in [-0.3, -0.25) is 9.59 Å². The molecule has 1 aliphatic rings. The fourth-order valence-corrected chi connectivity index (χ4v) is 5.97. The lowest BCUT2D eigenvalue weighted by molar-refractivity contribution is -0.268. The summed E-state index contributed by atoms with van der Waals surface area (Å²) in [5, 5.41) is 34.7. The highest BCUT2D eigenvalue weighted by Gasteiger charge is 2.38. The van der Waals surface area contributed by atoms with Crippen molar-refractivity contribution in [2.24, 2.45) is 5.92 Å². The Morgan fingerprint density at radius 1 is 1.00 bits per heavy atom. The van der Waals surface area contributed by atoms with Gasteiger partial charge in [0.15, 0.2) is 12.4 Å². The van der Waals surface area contributed by atoms with Gasteiger partial charge in [0.1, 0.15) is 5.75 Å². The van der Waals surface area contributed by atoms with Gasteiger partial charge >= 0.3 is 5.97 Å². The number of hydrogen-bond donors (Lipinski definition) is 3. The number of aliphatic hydroxyl groups is 1. The highest BCUT2D eigenvalue weighted by atomic mass is 32.2. The Labute approximate surface area is 264 Å². The molecule has 0 bridgehead atoms. The molecule has 0 unspecified atom stereocenters. The molecule has 45 heavy (non-hydrogen) atoms. The van der Waals surface area contributed by atoms with Crippen LogP contribution < -0.4 is 5.32 Å². The second-order valence-corrected chi connectivity index (χ2v) is 11.7. The van der Waals surface area contributed by atoms with E-state index >= 15 is 0 Å². The molecule has 5 atom stereocenters. The van der Waals surface area contributed by atoms with Crippen molar-refractivity contribution < 1.29 is 34.0 Å². The van der Waals surface area contributed by atoms with Crippen molar-refractivity contribution in [1.82, 2.24) is 25.5 Å². The van der Waals surface area contributed by atoms with E-state index in [1.807, 2.05) is 48.5 Å². The summed E-state index contributed by atoms with van der Waals surface area (Å²) in [6.07, 6.45) is -2.09. The number of thioether (sulfide) groups is 1. The smallest absolute Gasteiger partial charge is 0.303 e. The van der Waals surface area contributed by atoms with Crippen LogP contribution in [0.3, 0.4) is 0 Å². The number of nitrogens with zero attached hydrogens (tertiary/aromatic N) is 4. The SMILES string of the molecule is CC(=O)O[C@@H](C)C(=O)NCc1ccc([C@H]2O[C@@H](CSc3nnnn3-c3ccc(O)cc3)[C@@H](C)[C@@H](c3ccc(CO)cc3)O2)cc1. The number of aliphatic hydroxyl groups excluding tert-OH is 1. The van der Waals surface area contributed by atoms with Gasteiger partial charge < -0.3 is 29.7 Å². The van der Waals surface area contributed by atoms with E-state index in [9.17, 15) is 19.8 Å². The molecule has 1 saturated heterocycles. The Bertz CT molecular complexity index is 1580. The van der Waals surface area contributed by atoms with Crippen LogP contribution in [0.15, 0.2) is 78.0 Å². The number of phenols is 1. The lowest BCUT2D eigenvalue weighted by Crippen LogP contribution is -2.38. The zero-order valence-corrected chi connectivity index (χ0v) is 25.9. The zero-order valence-electron chi connectivity index (χ0n) is 25.1. The fourth-order valence-electron chi connectivity index (χ4n) is 4.92. The minimum atomic E-state index is -0.878. The molecule has 12 nitrogen and oxygen atoms in total. The summed E-state index contributed by atoms with van der Waals surface area (Å²) >= 11 is 1.46. The first kappa shape index (κ1) is 32.1. The molecule has 0 spiro atoms. The summed E-state index contributed by atoms with van der Waals surface area (Å²) in [6, 6.07) is 21.9. The average molecular weight is 634 g/mol. The lowest BCUT2D eigenvalue weighted by atomic mass is 9.91. The molecule has 1 amide bonds. The summed E-state index contributed by atoms with van der Waals surface area (Å²) < 4.78 is 19.6. The van der Waals surface area contributed by atoms with Gasteiger partial charge in [-0.05, 0) is 58.3 Å². The van der Waals surface area contributed by atoms with Gasteiger partial charge in [-0.15, -0.1) is 5.10 Å². The normalized spacial score (nSPS) is 20.4. The van der Waals surface area contributed by atoms with E-state index in [-0.39, 0.29) is 42.9 Å². The molecule has 3 N–H and O–H groups in total. The number of nitrogens with one attached hydrogen (secondary N) is 1. The molecule has 3 aromatic carbocycles. The van der Waals surface area contributed by atoms with E-state index in [0.29, 0.717) is 10.9 Å². The molecular weight excluding hydrogens is 598 g/mol. The highest BCUT2D eigenvalue weighted by Crippen LogP contribution is 2.43. The van der Waals surface area contributed by atoms with Gasteiger partial charge in [0.2, 0.25) is 5.16 Å². The van der Waals surface area contributed by atoms with Gasteiger partial charge in [0, 0.05) is 30.7 Å². The number of hydrogen-bond acceptors (Lipinski definition) is 11. The Kier molecular flexibility index (Phi) is 10.5. The molecule has 1 aromatic heterocycles. The maximum Gasteiger partial charge on any atom is 0.303 e. The predicted molar refractivity (Wildman–Crippen MR) is 164 cm³/mol. The number of ether oxygens (including phenoxy) is 3. The van der Waals surface area contributed by atoms with Crippen LogP contribution in [-0.4, -0.2) is 60.3 Å². The Morgan fingerprint density at radius 2 is 1.67 bits per heavy atom. The first-order valence-electron chi connectivity index (χ1n) is 14.5. The Hall–Kier alpha value is -4.30. The summed E-state index contributed by atoms with van der Waals surface area (Å²) in [6.45, 7) is 5.09. The largest absolute Gasteiger partial charge is 0.508 e. The minimum Gasteiger partial charge on any atom is -0.508 e. The first-order chi connectivity index (χ1) is 21.7. The number of phenolic OH excluding ortho intramolecular Hbond substituents is 1. The van der Waals surface area contributed by atoms with Crippen LogP contribution in [0.5, 0.6) is 5.75 Å². The van der Waals surface area contributed by atoms with E-state index in [4.69, 9.17) is 14.2 Å². The van der Waals surface area contributed by atoms with E-state index < -0.39 is 18.4 Å². The molecule has 13 heteroatoms. The first-order valence-corrected chi connectivity index (χ1v) is 15.5. The molecule has 0 aliphatic carbocycles. The number of tetrazole rings is 1. The van der Waals surface area contributed by atoms with Crippen molar-refractivity contribution in [3.8, 4) is 11.4 Å².